The minimum Gasteiger partial charge on any atom is -0.480 e. The molecule has 7 heteroatoms. The van der Waals surface area contributed by atoms with Gasteiger partial charge < -0.3 is 10.4 Å². The van der Waals surface area contributed by atoms with Crippen molar-refractivity contribution < 1.29 is 14.7 Å². The van der Waals surface area contributed by atoms with Gasteiger partial charge in [-0.15, -0.1) is 0 Å². The van der Waals surface area contributed by atoms with Gasteiger partial charge >= 0.3 is 5.97 Å². The normalized spacial score (nSPS) is 22.3. The van der Waals surface area contributed by atoms with Crippen LogP contribution in [0, 0.1) is 0 Å². The maximum absolute atomic E-state index is 11.8. The van der Waals surface area contributed by atoms with E-state index in [4.69, 9.17) is 0 Å². The molecule has 2 aliphatic rings. The first-order valence-electron chi connectivity index (χ1n) is 8.14. The van der Waals surface area contributed by atoms with Gasteiger partial charge in [-0.25, -0.2) is 10.9 Å². The van der Waals surface area contributed by atoms with Gasteiger partial charge in [0, 0.05) is 12.1 Å². The number of rotatable bonds is 3. The minimum atomic E-state index is -0.917. The molecule has 2 atom stereocenters. The molecule has 128 valence electrons. The third kappa shape index (κ3) is 2.89. The average Bonchev–Trinajstić information content (AvgIpc) is 3.12. The first-order chi connectivity index (χ1) is 12.1. The molecule has 0 saturated carbocycles. The lowest BCUT2D eigenvalue weighted by atomic mass is 9.93. The highest BCUT2D eigenvalue weighted by Crippen LogP contribution is 2.27. The van der Waals surface area contributed by atoms with Crippen LogP contribution in [0.3, 0.4) is 0 Å². The highest BCUT2D eigenvalue weighted by Gasteiger charge is 2.33. The molecule has 0 aromatic heterocycles. The van der Waals surface area contributed by atoms with Gasteiger partial charge in [-0.1, -0.05) is 36.4 Å². The number of carboxylic acids is 1. The molecule has 2 aromatic carbocycles. The number of benzene rings is 2. The van der Waals surface area contributed by atoms with Gasteiger partial charge in [0.1, 0.15) is 6.04 Å². The first-order valence-corrected chi connectivity index (χ1v) is 8.14. The van der Waals surface area contributed by atoms with E-state index in [-0.39, 0.29) is 11.9 Å². The molecule has 0 bridgehead atoms. The molecular formula is C18H18N4O3. The van der Waals surface area contributed by atoms with Crippen molar-refractivity contribution in [3.63, 3.8) is 0 Å². The van der Waals surface area contributed by atoms with Crippen LogP contribution in [0.25, 0.3) is 11.1 Å². The van der Waals surface area contributed by atoms with Crippen LogP contribution >= 0.6 is 0 Å². The van der Waals surface area contributed by atoms with E-state index in [1.807, 2.05) is 36.4 Å². The van der Waals surface area contributed by atoms with E-state index >= 15 is 0 Å². The Morgan fingerprint density at radius 2 is 1.80 bits per heavy atom. The molecule has 25 heavy (non-hydrogen) atoms. The summed E-state index contributed by atoms with van der Waals surface area (Å²) in [6, 6.07) is 12.6. The number of aliphatic carboxylic acids is 1. The molecule has 0 aliphatic carbocycles. The van der Waals surface area contributed by atoms with Gasteiger partial charge in [0.05, 0.1) is 6.04 Å². The largest absolute Gasteiger partial charge is 0.480 e. The van der Waals surface area contributed by atoms with E-state index < -0.39 is 12.0 Å². The fourth-order valence-corrected chi connectivity index (χ4v) is 3.33. The van der Waals surface area contributed by atoms with Crippen LogP contribution in [-0.2, 0) is 11.2 Å². The summed E-state index contributed by atoms with van der Waals surface area (Å²) in [5.74, 6) is -0.935. The number of carbonyl (C=O) groups is 2. The Morgan fingerprint density at radius 3 is 2.56 bits per heavy atom. The first kappa shape index (κ1) is 15.8. The molecule has 1 fully saturated rings. The number of fused-ring (bicyclic) bond motifs is 1. The van der Waals surface area contributed by atoms with Crippen LogP contribution in [0.15, 0.2) is 42.5 Å². The van der Waals surface area contributed by atoms with Gasteiger partial charge in [0.2, 0.25) is 0 Å². The zero-order valence-corrected chi connectivity index (χ0v) is 13.4. The third-order valence-electron chi connectivity index (χ3n) is 4.69. The van der Waals surface area contributed by atoms with Crippen molar-refractivity contribution in [3.8, 4) is 11.1 Å². The molecule has 4 rings (SSSR count). The fourth-order valence-electron chi connectivity index (χ4n) is 3.33. The highest BCUT2D eigenvalue weighted by molar-refractivity contribution is 5.97. The number of carbonyl (C=O) groups excluding carboxylic acids is 1. The summed E-state index contributed by atoms with van der Waals surface area (Å²) in [4.78, 5) is 23.1. The minimum absolute atomic E-state index is 0.0184. The van der Waals surface area contributed by atoms with E-state index in [0.717, 1.165) is 34.2 Å². The Hall–Kier alpha value is -2.74. The van der Waals surface area contributed by atoms with Crippen molar-refractivity contribution >= 4 is 11.9 Å². The molecule has 0 radical (unpaired) electrons. The van der Waals surface area contributed by atoms with Crippen LogP contribution in [0.4, 0.5) is 0 Å². The van der Waals surface area contributed by atoms with Crippen LogP contribution < -0.4 is 21.7 Å². The van der Waals surface area contributed by atoms with Crippen LogP contribution in [0.5, 0.6) is 0 Å². The Kier molecular flexibility index (Phi) is 3.96. The summed E-state index contributed by atoms with van der Waals surface area (Å²) in [6.45, 7) is 0.665. The molecule has 1 saturated heterocycles. The fraction of sp³-hybridized carbons (Fsp3) is 0.222. The molecular weight excluding hydrogens is 320 g/mol. The van der Waals surface area contributed by atoms with E-state index in [2.05, 4.69) is 27.8 Å². The summed E-state index contributed by atoms with van der Waals surface area (Å²) in [6.07, 6.45) is 0.830. The Labute approximate surface area is 144 Å². The maximum Gasteiger partial charge on any atom is 0.324 e. The smallest absolute Gasteiger partial charge is 0.324 e. The average molecular weight is 338 g/mol. The number of amides is 1. The van der Waals surface area contributed by atoms with Crippen molar-refractivity contribution in [2.45, 2.75) is 18.5 Å². The predicted molar refractivity (Wildman–Crippen MR) is 91.5 cm³/mol. The number of hydrazine groups is 2. The standard InChI is InChI=1S/C18H18N4O3/c23-17-14-6-5-12(9-13(14)7-8-19-17)10-1-3-11(4-2-10)15-16(18(24)25)21-22-20-15/h1-6,9,15-16,20-22H,7-8H2,(H,19,23)(H,24,25). The summed E-state index contributed by atoms with van der Waals surface area (Å²) >= 11 is 0. The number of carboxylic acid groups (broad SMARTS) is 1. The summed E-state index contributed by atoms with van der Waals surface area (Å²) < 4.78 is 0. The van der Waals surface area contributed by atoms with Crippen molar-refractivity contribution in [2.75, 3.05) is 6.54 Å². The lowest BCUT2D eigenvalue weighted by Crippen LogP contribution is -2.38. The Morgan fingerprint density at radius 1 is 1.04 bits per heavy atom. The van der Waals surface area contributed by atoms with Crippen LogP contribution in [-0.4, -0.2) is 29.6 Å². The van der Waals surface area contributed by atoms with Crippen molar-refractivity contribution in [3.05, 3.63) is 59.2 Å². The van der Waals surface area contributed by atoms with E-state index in [0.29, 0.717) is 6.54 Å². The second-order valence-electron chi connectivity index (χ2n) is 6.21. The molecule has 0 spiro atoms. The molecule has 2 unspecified atom stereocenters. The molecule has 2 aliphatic heterocycles. The highest BCUT2D eigenvalue weighted by atomic mass is 16.4. The third-order valence-corrected chi connectivity index (χ3v) is 4.69. The molecule has 5 N–H and O–H groups in total. The molecule has 1 amide bonds. The maximum atomic E-state index is 11.8. The van der Waals surface area contributed by atoms with Crippen molar-refractivity contribution in [2.24, 2.45) is 0 Å². The van der Waals surface area contributed by atoms with Gasteiger partial charge in [-0.05, 0) is 34.7 Å². The van der Waals surface area contributed by atoms with E-state index in [1.54, 1.807) is 0 Å². The predicted octanol–water partition coefficient (Wildman–Crippen LogP) is 0.746. The Bertz CT molecular complexity index is 835. The van der Waals surface area contributed by atoms with Crippen molar-refractivity contribution in [1.82, 2.24) is 21.7 Å². The second-order valence-corrected chi connectivity index (χ2v) is 6.21. The quantitative estimate of drug-likeness (QED) is 0.566. The van der Waals surface area contributed by atoms with E-state index in [9.17, 15) is 14.7 Å². The number of nitrogens with one attached hydrogen (secondary N) is 4. The van der Waals surface area contributed by atoms with E-state index in [1.165, 1.54) is 0 Å². The summed E-state index contributed by atoms with van der Waals surface area (Å²) in [5.41, 5.74) is 13.0. The molecule has 7 nitrogen and oxygen atoms in total. The Balaban J connectivity index is 1.60. The van der Waals surface area contributed by atoms with Crippen molar-refractivity contribution in [1.29, 1.82) is 0 Å². The van der Waals surface area contributed by atoms with Gasteiger partial charge in [0.15, 0.2) is 0 Å². The number of hydrogen-bond donors (Lipinski definition) is 5. The lowest BCUT2D eigenvalue weighted by molar-refractivity contribution is -0.139. The number of hydrogen-bond acceptors (Lipinski definition) is 5. The SMILES string of the molecule is O=C1NCCc2cc(-c3ccc(C4NNNC4C(=O)O)cc3)ccc21. The zero-order valence-electron chi connectivity index (χ0n) is 13.4. The topological polar surface area (TPSA) is 102 Å². The van der Waals surface area contributed by atoms with Crippen LogP contribution in [0.2, 0.25) is 0 Å². The lowest BCUT2D eigenvalue weighted by Gasteiger charge is -2.18. The monoisotopic (exact) mass is 338 g/mol. The zero-order chi connectivity index (χ0) is 17.4. The summed E-state index contributed by atoms with van der Waals surface area (Å²) in [7, 11) is 0. The molecule has 2 heterocycles. The molecule has 2 aromatic rings. The summed E-state index contributed by atoms with van der Waals surface area (Å²) in [5, 5.41) is 12.1. The van der Waals surface area contributed by atoms with Crippen LogP contribution in [0.1, 0.15) is 27.5 Å². The second kappa shape index (κ2) is 6.29. The van der Waals surface area contributed by atoms with Gasteiger partial charge in [-0.2, -0.15) is 5.53 Å². The van der Waals surface area contributed by atoms with Gasteiger partial charge in [-0.3, -0.25) is 9.59 Å². The van der Waals surface area contributed by atoms with Gasteiger partial charge in [0.25, 0.3) is 5.91 Å².